The van der Waals surface area contributed by atoms with Gasteiger partial charge in [-0.3, -0.25) is 0 Å². The van der Waals surface area contributed by atoms with Crippen LogP contribution in [0.25, 0.3) is 0 Å². The minimum Gasteiger partial charge on any atom is -0.443 e. The highest BCUT2D eigenvalue weighted by Crippen LogP contribution is 2.18. The fourth-order valence-corrected chi connectivity index (χ4v) is 0.161. The van der Waals surface area contributed by atoms with E-state index in [1.807, 2.05) is 0 Å². The minimum absolute atomic E-state index is 0.00926. The van der Waals surface area contributed by atoms with Gasteiger partial charge in [-0.05, 0) is 0 Å². The van der Waals surface area contributed by atoms with Gasteiger partial charge in [0.25, 0.3) is 12.0 Å². The molecule has 1 rings (SSSR count). The SMILES string of the molecule is O=C=C1OC1O. The lowest BCUT2D eigenvalue weighted by molar-refractivity contribution is 0.156. The molecule has 0 saturated carbocycles. The van der Waals surface area contributed by atoms with Crippen LogP contribution in [0.2, 0.25) is 0 Å². The Morgan fingerprint density at radius 3 is 2.50 bits per heavy atom. The molecule has 1 aliphatic heterocycles. The van der Waals surface area contributed by atoms with Gasteiger partial charge in [0.1, 0.15) is 0 Å². The van der Waals surface area contributed by atoms with Gasteiger partial charge in [0.2, 0.25) is 0 Å². The number of hydrogen-bond donors (Lipinski definition) is 1. The number of carbonyl (C=O) groups excluding carboxylic acids is 1. The first-order valence-electron chi connectivity index (χ1n) is 1.44. The minimum atomic E-state index is -0.942. The Labute approximate surface area is 33.8 Å². The molecule has 1 fully saturated rings. The van der Waals surface area contributed by atoms with Crippen molar-refractivity contribution in [2.24, 2.45) is 0 Å². The predicted octanol–water partition coefficient (Wildman–Crippen LogP) is -0.950. The number of aliphatic hydroxyl groups is 1. The quantitative estimate of drug-likeness (QED) is 0.305. The normalized spacial score (nSPS) is 28.2. The van der Waals surface area contributed by atoms with Crippen LogP contribution in [-0.2, 0) is 9.53 Å². The summed E-state index contributed by atoms with van der Waals surface area (Å²) in [6, 6.07) is 0. The zero-order chi connectivity index (χ0) is 4.57. The van der Waals surface area contributed by atoms with E-state index in [2.05, 4.69) is 4.74 Å². The molecule has 0 bridgehead atoms. The molecule has 0 aromatic carbocycles. The Morgan fingerprint density at radius 2 is 2.50 bits per heavy atom. The molecular formula is C3H2O3. The van der Waals surface area contributed by atoms with Gasteiger partial charge in [-0.15, -0.1) is 0 Å². The lowest BCUT2D eigenvalue weighted by Gasteiger charge is -1.52. The van der Waals surface area contributed by atoms with Gasteiger partial charge in [-0.1, -0.05) is 0 Å². The van der Waals surface area contributed by atoms with Crippen LogP contribution in [0.4, 0.5) is 0 Å². The van der Waals surface area contributed by atoms with Gasteiger partial charge in [0.15, 0.2) is 5.94 Å². The maximum absolute atomic E-state index is 9.33. The van der Waals surface area contributed by atoms with E-state index in [-0.39, 0.29) is 5.76 Å². The van der Waals surface area contributed by atoms with Crippen LogP contribution < -0.4 is 0 Å². The fraction of sp³-hybridized carbons (Fsp3) is 0.333. The van der Waals surface area contributed by atoms with E-state index in [1.165, 1.54) is 5.94 Å². The van der Waals surface area contributed by atoms with Gasteiger partial charge in [-0.2, -0.15) is 0 Å². The molecule has 0 amide bonds. The van der Waals surface area contributed by atoms with Gasteiger partial charge in [0.05, 0.1) is 0 Å². The van der Waals surface area contributed by atoms with Crippen LogP contribution in [0.3, 0.4) is 0 Å². The summed E-state index contributed by atoms with van der Waals surface area (Å²) < 4.78 is 4.11. The molecule has 0 radical (unpaired) electrons. The van der Waals surface area contributed by atoms with Crippen molar-refractivity contribution in [2.45, 2.75) is 6.29 Å². The van der Waals surface area contributed by atoms with E-state index >= 15 is 0 Å². The molecule has 0 aromatic rings. The van der Waals surface area contributed by atoms with Crippen LogP contribution in [0.15, 0.2) is 5.76 Å². The highest BCUT2D eigenvalue weighted by Gasteiger charge is 2.31. The summed E-state index contributed by atoms with van der Waals surface area (Å²) in [5.41, 5.74) is 0. The summed E-state index contributed by atoms with van der Waals surface area (Å²) in [6.07, 6.45) is -0.942. The van der Waals surface area contributed by atoms with Crippen molar-refractivity contribution in [1.82, 2.24) is 0 Å². The first-order valence-corrected chi connectivity index (χ1v) is 1.44. The van der Waals surface area contributed by atoms with Crippen molar-refractivity contribution in [2.75, 3.05) is 0 Å². The van der Waals surface area contributed by atoms with Crippen molar-refractivity contribution in [3.05, 3.63) is 5.76 Å². The first-order chi connectivity index (χ1) is 2.84. The highest BCUT2D eigenvalue weighted by molar-refractivity contribution is 5.54. The number of epoxide rings is 1. The third-order valence-electron chi connectivity index (χ3n) is 0.506. The van der Waals surface area contributed by atoms with Crippen LogP contribution in [0.5, 0.6) is 0 Å². The molecule has 1 heterocycles. The van der Waals surface area contributed by atoms with Gasteiger partial charge >= 0.3 is 0 Å². The maximum Gasteiger partial charge on any atom is 0.268 e. The second kappa shape index (κ2) is 0.834. The number of rotatable bonds is 0. The van der Waals surface area contributed by atoms with E-state index < -0.39 is 6.29 Å². The molecule has 0 aromatic heterocycles. The molecule has 6 heavy (non-hydrogen) atoms. The summed E-state index contributed by atoms with van der Waals surface area (Å²) in [5, 5.41) is 8.10. The Hall–Kier alpha value is -0.790. The third kappa shape index (κ3) is 0.302. The highest BCUT2D eigenvalue weighted by atomic mass is 16.7. The predicted molar refractivity (Wildman–Crippen MR) is 16.3 cm³/mol. The summed E-state index contributed by atoms with van der Waals surface area (Å²) in [6.45, 7) is 0. The molecule has 1 saturated heterocycles. The van der Waals surface area contributed by atoms with Crippen molar-refractivity contribution >= 4 is 5.94 Å². The zero-order valence-electron chi connectivity index (χ0n) is 2.84. The smallest absolute Gasteiger partial charge is 0.268 e. The third-order valence-corrected chi connectivity index (χ3v) is 0.506. The van der Waals surface area contributed by atoms with Gasteiger partial charge in [-0.25, -0.2) is 4.79 Å². The standard InChI is InChI=1S/C3H2O3/c4-1-2-3(5)6-2/h3,5H. The molecule has 1 aliphatic rings. The summed E-state index contributed by atoms with van der Waals surface area (Å²) in [5.74, 6) is 1.39. The average molecular weight is 86.0 g/mol. The van der Waals surface area contributed by atoms with E-state index in [0.29, 0.717) is 0 Å². The number of aliphatic hydroxyl groups excluding tert-OH is 1. The largest absolute Gasteiger partial charge is 0.443 e. The van der Waals surface area contributed by atoms with Crippen molar-refractivity contribution < 1.29 is 14.6 Å². The lowest BCUT2D eigenvalue weighted by atomic mass is 10.7. The lowest BCUT2D eigenvalue weighted by Crippen LogP contribution is -1.71. The summed E-state index contributed by atoms with van der Waals surface area (Å²) >= 11 is 0. The number of hydrogen-bond acceptors (Lipinski definition) is 3. The van der Waals surface area contributed by atoms with Gasteiger partial charge in [0, 0.05) is 0 Å². The Bertz CT molecular complexity index is 111. The molecule has 3 heteroatoms. The number of ether oxygens (including phenoxy) is 1. The molecule has 0 spiro atoms. The first kappa shape index (κ1) is 3.40. The Kier molecular flexibility index (Phi) is 0.473. The van der Waals surface area contributed by atoms with E-state index in [9.17, 15) is 4.79 Å². The summed E-state index contributed by atoms with van der Waals surface area (Å²) in [7, 11) is 0. The molecule has 0 aliphatic carbocycles. The van der Waals surface area contributed by atoms with Crippen LogP contribution in [0, 0.1) is 0 Å². The maximum atomic E-state index is 9.33. The van der Waals surface area contributed by atoms with E-state index in [0.717, 1.165) is 0 Å². The molecule has 1 unspecified atom stereocenters. The van der Waals surface area contributed by atoms with Crippen LogP contribution in [0.1, 0.15) is 0 Å². The Morgan fingerprint density at radius 1 is 2.00 bits per heavy atom. The molecule has 3 nitrogen and oxygen atoms in total. The van der Waals surface area contributed by atoms with Crippen LogP contribution in [-0.4, -0.2) is 17.3 Å². The topological polar surface area (TPSA) is 49.8 Å². The second-order valence-corrected chi connectivity index (χ2v) is 0.937. The molecule has 1 N–H and O–H groups in total. The van der Waals surface area contributed by atoms with Crippen molar-refractivity contribution in [3.63, 3.8) is 0 Å². The summed E-state index contributed by atoms with van der Waals surface area (Å²) in [4.78, 5) is 9.33. The average Bonchev–Trinajstić information content (AvgIpc) is 2.19. The van der Waals surface area contributed by atoms with Crippen molar-refractivity contribution in [3.8, 4) is 0 Å². The molecule has 32 valence electrons. The monoisotopic (exact) mass is 86.0 g/mol. The Balaban J connectivity index is 2.67. The van der Waals surface area contributed by atoms with Crippen molar-refractivity contribution in [1.29, 1.82) is 0 Å². The van der Waals surface area contributed by atoms with E-state index in [1.54, 1.807) is 0 Å². The van der Waals surface area contributed by atoms with E-state index in [4.69, 9.17) is 5.11 Å². The fourth-order valence-electron chi connectivity index (χ4n) is 0.161. The molecule has 1 atom stereocenters. The molecular weight excluding hydrogens is 84.0 g/mol. The second-order valence-electron chi connectivity index (χ2n) is 0.937. The zero-order valence-corrected chi connectivity index (χ0v) is 2.84. The van der Waals surface area contributed by atoms with Crippen LogP contribution >= 0.6 is 0 Å². The van der Waals surface area contributed by atoms with Gasteiger partial charge < -0.3 is 9.84 Å².